The lowest BCUT2D eigenvalue weighted by Crippen LogP contribution is -2.39. The number of guanidine groups is 1. The molecule has 1 aromatic heterocycles. The van der Waals surface area contributed by atoms with Crippen LogP contribution in [0.4, 0.5) is 0 Å². The predicted octanol–water partition coefficient (Wildman–Crippen LogP) is 4.47. The van der Waals surface area contributed by atoms with Gasteiger partial charge < -0.3 is 10.2 Å². The molecule has 0 aliphatic carbocycles. The van der Waals surface area contributed by atoms with E-state index in [0.717, 1.165) is 37.6 Å². The number of aliphatic imine (C=N–C) groups is 2. The molecule has 0 amide bonds. The van der Waals surface area contributed by atoms with E-state index in [1.54, 1.807) is 0 Å². The minimum absolute atomic E-state index is 0.346. The summed E-state index contributed by atoms with van der Waals surface area (Å²) in [5.41, 5.74) is 2.76. The number of hydrogen-bond acceptors (Lipinski definition) is 4. The maximum Gasteiger partial charge on any atom is 0.204 e. The Balaban J connectivity index is 2.13. The third kappa shape index (κ3) is 5.43. The van der Waals surface area contributed by atoms with Crippen LogP contribution in [0.25, 0.3) is 0 Å². The molecule has 138 valence electrons. The average molecular weight is 361 g/mol. The van der Waals surface area contributed by atoms with Crippen LogP contribution in [-0.4, -0.2) is 37.3 Å². The molecule has 1 aliphatic heterocycles. The second kappa shape index (κ2) is 9.18. The van der Waals surface area contributed by atoms with Crippen LogP contribution in [0.3, 0.4) is 0 Å². The Morgan fingerprint density at radius 1 is 1.44 bits per heavy atom. The van der Waals surface area contributed by atoms with Crippen LogP contribution in [0.2, 0.25) is 0 Å². The molecule has 0 fully saturated rings. The summed E-state index contributed by atoms with van der Waals surface area (Å²) < 4.78 is 0. The Morgan fingerprint density at radius 3 is 2.80 bits per heavy atom. The van der Waals surface area contributed by atoms with E-state index in [1.807, 2.05) is 30.3 Å². The molecule has 2 unspecified atom stereocenters. The molecule has 1 aromatic rings. The van der Waals surface area contributed by atoms with Crippen molar-refractivity contribution in [3.63, 3.8) is 0 Å². The number of nitrogens with one attached hydrogen (secondary N) is 1. The van der Waals surface area contributed by atoms with Gasteiger partial charge in [-0.05, 0) is 56.0 Å². The zero-order valence-electron chi connectivity index (χ0n) is 16.5. The van der Waals surface area contributed by atoms with Crippen LogP contribution in [0, 0.1) is 18.8 Å². The molecule has 2 atom stereocenters. The van der Waals surface area contributed by atoms with Gasteiger partial charge in [-0.3, -0.25) is 4.99 Å². The van der Waals surface area contributed by atoms with Crippen molar-refractivity contribution in [2.75, 3.05) is 20.6 Å². The average Bonchev–Trinajstić information content (AvgIpc) is 2.97. The van der Waals surface area contributed by atoms with Crippen LogP contribution >= 0.6 is 11.3 Å². The number of amidine groups is 1. The van der Waals surface area contributed by atoms with Crippen LogP contribution in [0.5, 0.6) is 0 Å². The minimum atomic E-state index is 0.346. The Labute approximate surface area is 156 Å². The maximum absolute atomic E-state index is 4.80. The molecule has 4 nitrogen and oxygen atoms in total. The van der Waals surface area contributed by atoms with Crippen molar-refractivity contribution in [3.8, 4) is 0 Å². The van der Waals surface area contributed by atoms with Gasteiger partial charge in [0, 0.05) is 37.1 Å². The third-order valence-corrected chi connectivity index (χ3v) is 5.58. The van der Waals surface area contributed by atoms with Gasteiger partial charge in [0.15, 0.2) is 0 Å². The zero-order chi connectivity index (χ0) is 18.4. The fourth-order valence-electron chi connectivity index (χ4n) is 2.92. The smallest absolute Gasteiger partial charge is 0.204 e. The molecule has 5 heteroatoms. The number of aryl methyl sites for hydroxylation is 2. The van der Waals surface area contributed by atoms with Crippen LogP contribution in [-0.2, 0) is 6.42 Å². The van der Waals surface area contributed by atoms with Crippen molar-refractivity contribution in [2.45, 2.75) is 47.0 Å². The highest BCUT2D eigenvalue weighted by molar-refractivity contribution is 7.10. The van der Waals surface area contributed by atoms with E-state index in [1.165, 1.54) is 16.1 Å². The first-order chi connectivity index (χ1) is 11.9. The molecule has 0 saturated carbocycles. The summed E-state index contributed by atoms with van der Waals surface area (Å²) in [6.45, 7) is 9.57. The lowest BCUT2D eigenvalue weighted by atomic mass is 9.95. The SMILES string of the molecule is CCN=C1N=C(N(C)C)NC(C(C)CCc2ccsc2C)=CCC1C. The number of rotatable bonds is 5. The number of hydrogen-bond donors (Lipinski definition) is 1. The third-order valence-electron chi connectivity index (χ3n) is 4.70. The van der Waals surface area contributed by atoms with Crippen LogP contribution < -0.4 is 5.32 Å². The second-order valence-corrected chi connectivity index (χ2v) is 8.15. The van der Waals surface area contributed by atoms with Gasteiger partial charge in [-0.15, -0.1) is 11.3 Å². The largest absolute Gasteiger partial charge is 0.348 e. The Hall–Kier alpha value is -1.62. The van der Waals surface area contributed by atoms with E-state index in [9.17, 15) is 0 Å². The highest BCUT2D eigenvalue weighted by Crippen LogP contribution is 2.23. The molecule has 2 rings (SSSR count). The summed E-state index contributed by atoms with van der Waals surface area (Å²) in [5, 5.41) is 5.76. The second-order valence-electron chi connectivity index (χ2n) is 7.03. The quantitative estimate of drug-likeness (QED) is 0.841. The van der Waals surface area contributed by atoms with Crippen molar-refractivity contribution in [2.24, 2.45) is 21.8 Å². The van der Waals surface area contributed by atoms with E-state index in [0.29, 0.717) is 11.8 Å². The Morgan fingerprint density at radius 2 is 2.20 bits per heavy atom. The molecule has 0 radical (unpaired) electrons. The van der Waals surface area contributed by atoms with Gasteiger partial charge in [-0.25, -0.2) is 0 Å². The molecule has 0 saturated heterocycles. The minimum Gasteiger partial charge on any atom is -0.348 e. The predicted molar refractivity (Wildman–Crippen MR) is 111 cm³/mol. The van der Waals surface area contributed by atoms with Gasteiger partial charge in [-0.2, -0.15) is 4.99 Å². The van der Waals surface area contributed by atoms with Gasteiger partial charge in [0.05, 0.1) is 0 Å². The topological polar surface area (TPSA) is 40.0 Å². The molecule has 0 spiro atoms. The summed E-state index contributed by atoms with van der Waals surface area (Å²) in [6.07, 6.45) is 5.59. The Bertz CT molecular complexity index is 654. The first-order valence-corrected chi connectivity index (χ1v) is 10.1. The van der Waals surface area contributed by atoms with Crippen molar-refractivity contribution >= 4 is 23.1 Å². The number of thiophene rings is 1. The van der Waals surface area contributed by atoms with E-state index < -0.39 is 0 Å². The molecule has 0 bridgehead atoms. The van der Waals surface area contributed by atoms with E-state index in [-0.39, 0.29) is 0 Å². The van der Waals surface area contributed by atoms with Crippen molar-refractivity contribution in [3.05, 3.63) is 33.7 Å². The van der Waals surface area contributed by atoms with E-state index in [2.05, 4.69) is 55.5 Å². The van der Waals surface area contributed by atoms with Crippen LogP contribution in [0.1, 0.15) is 44.1 Å². The van der Waals surface area contributed by atoms with E-state index >= 15 is 0 Å². The normalized spacial score (nSPS) is 21.0. The molecule has 1 N–H and O–H groups in total. The fraction of sp³-hybridized carbons (Fsp3) is 0.600. The summed E-state index contributed by atoms with van der Waals surface area (Å²) in [5.74, 6) is 2.64. The molecule has 0 aromatic carbocycles. The van der Waals surface area contributed by atoms with Gasteiger partial charge in [0.1, 0.15) is 5.84 Å². The first kappa shape index (κ1) is 19.7. The lowest BCUT2D eigenvalue weighted by molar-refractivity contribution is 0.548. The number of allylic oxidation sites excluding steroid dienone is 2. The highest BCUT2D eigenvalue weighted by atomic mass is 32.1. The van der Waals surface area contributed by atoms with Gasteiger partial charge in [-0.1, -0.05) is 19.9 Å². The monoisotopic (exact) mass is 360 g/mol. The van der Waals surface area contributed by atoms with Crippen molar-refractivity contribution in [1.29, 1.82) is 0 Å². The van der Waals surface area contributed by atoms with Gasteiger partial charge in [0.2, 0.25) is 5.96 Å². The molecule has 25 heavy (non-hydrogen) atoms. The van der Waals surface area contributed by atoms with Crippen LogP contribution in [0.15, 0.2) is 33.2 Å². The fourth-order valence-corrected chi connectivity index (χ4v) is 3.68. The first-order valence-electron chi connectivity index (χ1n) is 9.22. The van der Waals surface area contributed by atoms with Crippen molar-refractivity contribution in [1.82, 2.24) is 10.2 Å². The molecule has 1 aliphatic rings. The standard InChI is InChI=1S/C20H32N4S/c1-7-21-19-15(3)9-11-18(22-20(23-19)24(5)6)14(2)8-10-17-12-13-25-16(17)4/h11-15H,7-10H2,1-6H3,(H,21,22,23). The molecular formula is C20H32N4S. The highest BCUT2D eigenvalue weighted by Gasteiger charge is 2.19. The van der Waals surface area contributed by atoms with E-state index in [4.69, 9.17) is 4.99 Å². The van der Waals surface area contributed by atoms with Gasteiger partial charge in [0.25, 0.3) is 0 Å². The summed E-state index contributed by atoms with van der Waals surface area (Å²) in [7, 11) is 4.05. The van der Waals surface area contributed by atoms with Crippen molar-refractivity contribution < 1.29 is 0 Å². The molecular weight excluding hydrogens is 328 g/mol. The Kier molecular flexibility index (Phi) is 7.24. The zero-order valence-corrected chi connectivity index (χ0v) is 17.3. The summed E-state index contributed by atoms with van der Waals surface area (Å²) >= 11 is 1.84. The molecule has 2 heterocycles. The summed E-state index contributed by atoms with van der Waals surface area (Å²) in [4.78, 5) is 12.9. The maximum atomic E-state index is 4.80. The van der Waals surface area contributed by atoms with Gasteiger partial charge >= 0.3 is 0 Å². The lowest BCUT2D eigenvalue weighted by Gasteiger charge is -2.26. The summed E-state index contributed by atoms with van der Waals surface area (Å²) in [6, 6.07) is 2.26. The number of nitrogens with zero attached hydrogens (tertiary/aromatic N) is 3.